The molecule has 0 spiro atoms. The Morgan fingerprint density at radius 3 is 2.44 bits per heavy atom. The molecule has 3 rings (SSSR count). The van der Waals surface area contributed by atoms with E-state index in [9.17, 15) is 4.79 Å². The topological polar surface area (TPSA) is 47.6 Å². The maximum atomic E-state index is 12.2. The maximum Gasteiger partial charge on any atom is 0.157 e. The van der Waals surface area contributed by atoms with Gasteiger partial charge in [0.2, 0.25) is 0 Å². The smallest absolute Gasteiger partial charge is 0.157 e. The molecule has 3 heterocycles. The van der Waals surface area contributed by atoms with Crippen LogP contribution in [-0.2, 0) is 14.3 Å². The largest absolute Gasteiger partial charge is 0.353 e. The third kappa shape index (κ3) is 2.92. The van der Waals surface area contributed by atoms with Gasteiger partial charge < -0.3 is 14.8 Å². The zero-order valence-electron chi connectivity index (χ0n) is 10.9. The molecule has 3 aliphatic rings. The molecule has 3 fully saturated rings. The molecule has 4 heteroatoms. The highest BCUT2D eigenvalue weighted by Gasteiger charge is 2.36. The quantitative estimate of drug-likeness (QED) is 0.827. The standard InChI is InChI=1S/C14H23NO3/c16-13(4-5-14-17-6-1-7-18-14)10-8-11-2-3-12(9-10)15-11/h10-12,14-15H,1-9H2. The van der Waals surface area contributed by atoms with Crippen LogP contribution in [0.4, 0.5) is 0 Å². The highest BCUT2D eigenvalue weighted by atomic mass is 16.7. The molecule has 4 nitrogen and oxygen atoms in total. The highest BCUT2D eigenvalue weighted by molar-refractivity contribution is 5.81. The Hall–Kier alpha value is -0.450. The maximum absolute atomic E-state index is 12.2. The number of hydrogen-bond donors (Lipinski definition) is 1. The van der Waals surface area contributed by atoms with Gasteiger partial charge in [-0.3, -0.25) is 4.79 Å². The lowest BCUT2D eigenvalue weighted by Crippen LogP contribution is -2.40. The average molecular weight is 253 g/mol. The van der Waals surface area contributed by atoms with Gasteiger partial charge in [-0.25, -0.2) is 0 Å². The van der Waals surface area contributed by atoms with Crippen molar-refractivity contribution in [3.8, 4) is 0 Å². The molecular weight excluding hydrogens is 230 g/mol. The van der Waals surface area contributed by atoms with Gasteiger partial charge in [-0.1, -0.05) is 0 Å². The number of ether oxygens (including phenoxy) is 2. The summed E-state index contributed by atoms with van der Waals surface area (Å²) in [5.41, 5.74) is 0. The van der Waals surface area contributed by atoms with Crippen molar-refractivity contribution in [2.75, 3.05) is 13.2 Å². The number of fused-ring (bicyclic) bond motifs is 2. The summed E-state index contributed by atoms with van der Waals surface area (Å²) in [6.07, 6.45) is 6.78. The van der Waals surface area contributed by atoms with Gasteiger partial charge in [0.1, 0.15) is 5.78 Å². The van der Waals surface area contributed by atoms with Crippen LogP contribution in [0.1, 0.15) is 44.9 Å². The number of piperidine rings is 1. The second kappa shape index (κ2) is 5.68. The van der Waals surface area contributed by atoms with Crippen molar-refractivity contribution in [1.29, 1.82) is 0 Å². The van der Waals surface area contributed by atoms with Crippen molar-refractivity contribution in [2.45, 2.75) is 63.3 Å². The van der Waals surface area contributed by atoms with Gasteiger partial charge in [-0.2, -0.15) is 0 Å². The highest BCUT2D eigenvalue weighted by Crippen LogP contribution is 2.32. The van der Waals surface area contributed by atoms with E-state index >= 15 is 0 Å². The number of nitrogens with one attached hydrogen (secondary N) is 1. The molecule has 0 amide bonds. The molecule has 2 atom stereocenters. The summed E-state index contributed by atoms with van der Waals surface area (Å²) in [7, 11) is 0. The lowest BCUT2D eigenvalue weighted by molar-refractivity contribution is -0.182. The molecular formula is C14H23NO3. The molecule has 0 radical (unpaired) electrons. The van der Waals surface area contributed by atoms with Crippen molar-refractivity contribution < 1.29 is 14.3 Å². The van der Waals surface area contributed by atoms with Crippen LogP contribution in [0.3, 0.4) is 0 Å². The van der Waals surface area contributed by atoms with Crippen LogP contribution in [0.25, 0.3) is 0 Å². The first kappa shape index (κ1) is 12.6. The number of hydrogen-bond acceptors (Lipinski definition) is 4. The summed E-state index contributed by atoms with van der Waals surface area (Å²) >= 11 is 0. The molecule has 0 aliphatic carbocycles. The molecule has 3 aliphatic heterocycles. The first-order valence-electron chi connectivity index (χ1n) is 7.33. The summed E-state index contributed by atoms with van der Waals surface area (Å²) in [6, 6.07) is 1.19. The Morgan fingerprint density at radius 1 is 1.11 bits per heavy atom. The Balaban J connectivity index is 1.43. The minimum Gasteiger partial charge on any atom is -0.353 e. The van der Waals surface area contributed by atoms with Crippen molar-refractivity contribution in [3.05, 3.63) is 0 Å². The molecule has 102 valence electrons. The van der Waals surface area contributed by atoms with Crippen molar-refractivity contribution in [1.82, 2.24) is 5.32 Å². The molecule has 0 saturated carbocycles. The van der Waals surface area contributed by atoms with E-state index in [1.165, 1.54) is 12.8 Å². The zero-order chi connectivity index (χ0) is 12.4. The van der Waals surface area contributed by atoms with E-state index in [1.54, 1.807) is 0 Å². The minimum atomic E-state index is -0.138. The molecule has 0 aromatic rings. The third-order valence-electron chi connectivity index (χ3n) is 4.45. The van der Waals surface area contributed by atoms with E-state index in [2.05, 4.69) is 5.32 Å². The fourth-order valence-corrected chi connectivity index (χ4v) is 3.49. The predicted octanol–water partition coefficient (Wildman–Crippen LogP) is 1.63. The first-order chi connectivity index (χ1) is 8.81. The van der Waals surface area contributed by atoms with Crippen LogP contribution < -0.4 is 5.32 Å². The SMILES string of the molecule is O=C(CCC1OCCCO1)C1CC2CCC(C1)N2. The van der Waals surface area contributed by atoms with Crippen LogP contribution in [0.5, 0.6) is 0 Å². The van der Waals surface area contributed by atoms with Crippen LogP contribution in [0.15, 0.2) is 0 Å². The van der Waals surface area contributed by atoms with E-state index < -0.39 is 0 Å². The first-order valence-corrected chi connectivity index (χ1v) is 7.33. The number of Topliss-reactive ketones (excluding diaryl/α,β-unsaturated/α-hetero) is 1. The number of carbonyl (C=O) groups excluding carboxylic acids is 1. The molecule has 2 bridgehead atoms. The number of carbonyl (C=O) groups is 1. The molecule has 0 aromatic heterocycles. The van der Waals surface area contributed by atoms with Gasteiger partial charge in [-0.15, -0.1) is 0 Å². The molecule has 2 unspecified atom stereocenters. The van der Waals surface area contributed by atoms with Crippen molar-refractivity contribution in [3.63, 3.8) is 0 Å². The number of rotatable bonds is 4. The van der Waals surface area contributed by atoms with E-state index in [4.69, 9.17) is 9.47 Å². The Kier molecular flexibility index (Phi) is 3.97. The third-order valence-corrected chi connectivity index (χ3v) is 4.45. The van der Waals surface area contributed by atoms with E-state index in [1.807, 2.05) is 0 Å². The molecule has 18 heavy (non-hydrogen) atoms. The van der Waals surface area contributed by atoms with Crippen LogP contribution in [-0.4, -0.2) is 37.4 Å². The lowest BCUT2D eigenvalue weighted by Gasteiger charge is -2.29. The van der Waals surface area contributed by atoms with Gasteiger partial charge in [0.05, 0.1) is 13.2 Å². The van der Waals surface area contributed by atoms with E-state index in [-0.39, 0.29) is 12.2 Å². The van der Waals surface area contributed by atoms with Gasteiger partial charge in [0.15, 0.2) is 6.29 Å². The summed E-state index contributed by atoms with van der Waals surface area (Å²) < 4.78 is 11.0. The Bertz CT molecular complexity index is 289. The predicted molar refractivity (Wildman–Crippen MR) is 67.2 cm³/mol. The summed E-state index contributed by atoms with van der Waals surface area (Å²) in [4.78, 5) is 12.2. The van der Waals surface area contributed by atoms with Gasteiger partial charge in [-0.05, 0) is 32.1 Å². The summed E-state index contributed by atoms with van der Waals surface area (Å²) in [5.74, 6) is 0.707. The lowest BCUT2D eigenvalue weighted by atomic mass is 9.87. The van der Waals surface area contributed by atoms with Crippen LogP contribution in [0, 0.1) is 5.92 Å². The molecule has 0 aromatic carbocycles. The second-order valence-corrected chi connectivity index (χ2v) is 5.84. The van der Waals surface area contributed by atoms with Crippen LogP contribution >= 0.6 is 0 Å². The fraction of sp³-hybridized carbons (Fsp3) is 0.929. The Morgan fingerprint density at radius 2 is 1.78 bits per heavy atom. The van der Waals surface area contributed by atoms with Gasteiger partial charge >= 0.3 is 0 Å². The normalized spacial score (nSPS) is 36.8. The fourth-order valence-electron chi connectivity index (χ4n) is 3.49. The number of ketones is 1. The Labute approximate surface area is 108 Å². The summed E-state index contributed by atoms with van der Waals surface area (Å²) in [6.45, 7) is 1.55. The van der Waals surface area contributed by atoms with E-state index in [0.29, 0.717) is 24.3 Å². The van der Waals surface area contributed by atoms with Gasteiger partial charge in [0.25, 0.3) is 0 Å². The van der Waals surface area contributed by atoms with Gasteiger partial charge in [0, 0.05) is 30.8 Å². The average Bonchev–Trinajstić information content (AvgIpc) is 2.76. The van der Waals surface area contributed by atoms with Crippen molar-refractivity contribution >= 4 is 5.78 Å². The minimum absolute atomic E-state index is 0.138. The molecule has 3 saturated heterocycles. The molecule has 1 N–H and O–H groups in total. The summed E-state index contributed by atoms with van der Waals surface area (Å²) in [5, 5.41) is 3.58. The zero-order valence-corrected chi connectivity index (χ0v) is 10.9. The van der Waals surface area contributed by atoms with Crippen LogP contribution in [0.2, 0.25) is 0 Å². The van der Waals surface area contributed by atoms with E-state index in [0.717, 1.165) is 38.9 Å². The monoisotopic (exact) mass is 253 g/mol. The van der Waals surface area contributed by atoms with Crippen molar-refractivity contribution in [2.24, 2.45) is 5.92 Å². The second-order valence-electron chi connectivity index (χ2n) is 5.84.